The first kappa shape index (κ1) is 12.4. The fourth-order valence-electron chi connectivity index (χ4n) is 3.98. The van der Waals surface area contributed by atoms with Crippen LogP contribution in [0.2, 0.25) is 0 Å². The Balaban J connectivity index is 1.99. The maximum Gasteiger partial charge on any atom is 0.0702 e. The highest BCUT2D eigenvalue weighted by atomic mass is 16.5. The van der Waals surface area contributed by atoms with Gasteiger partial charge in [-0.15, -0.1) is 0 Å². The Morgan fingerprint density at radius 1 is 1.19 bits per heavy atom. The van der Waals surface area contributed by atoms with Crippen LogP contribution in [0.3, 0.4) is 0 Å². The summed E-state index contributed by atoms with van der Waals surface area (Å²) in [6, 6.07) is 0.691. The van der Waals surface area contributed by atoms with Crippen molar-refractivity contribution in [2.45, 2.75) is 64.5 Å². The average molecular weight is 225 g/mol. The Labute approximate surface area is 100 Å². The van der Waals surface area contributed by atoms with Crippen LogP contribution in [0.1, 0.15) is 52.9 Å². The van der Waals surface area contributed by atoms with Gasteiger partial charge in [0.1, 0.15) is 0 Å². The lowest BCUT2D eigenvalue weighted by molar-refractivity contribution is -0.128. The highest BCUT2D eigenvalue weighted by Crippen LogP contribution is 2.43. The van der Waals surface area contributed by atoms with Crippen LogP contribution in [0.15, 0.2) is 0 Å². The molecule has 2 aliphatic rings. The second-order valence-electron chi connectivity index (χ2n) is 6.13. The van der Waals surface area contributed by atoms with Crippen molar-refractivity contribution in [2.24, 2.45) is 11.8 Å². The lowest BCUT2D eigenvalue weighted by Gasteiger charge is -2.47. The molecular formula is C14H27NO. The normalized spacial score (nSPS) is 44.8. The van der Waals surface area contributed by atoms with Crippen LogP contribution >= 0.6 is 0 Å². The number of hydrogen-bond acceptors (Lipinski definition) is 2. The van der Waals surface area contributed by atoms with Crippen molar-refractivity contribution in [3.8, 4) is 0 Å². The Bertz CT molecular complexity index is 217. The minimum Gasteiger partial charge on any atom is -0.375 e. The van der Waals surface area contributed by atoms with E-state index in [1.54, 1.807) is 0 Å². The van der Waals surface area contributed by atoms with Gasteiger partial charge in [-0.2, -0.15) is 0 Å². The van der Waals surface area contributed by atoms with Gasteiger partial charge in [0.25, 0.3) is 0 Å². The molecule has 94 valence electrons. The fraction of sp³-hybridized carbons (Fsp3) is 1.00. The van der Waals surface area contributed by atoms with Gasteiger partial charge in [-0.3, -0.25) is 0 Å². The predicted molar refractivity (Wildman–Crippen MR) is 67.6 cm³/mol. The Kier molecular flexibility index (Phi) is 3.91. The molecule has 2 nitrogen and oxygen atoms in total. The van der Waals surface area contributed by atoms with Crippen molar-refractivity contribution in [1.82, 2.24) is 5.32 Å². The highest BCUT2D eigenvalue weighted by Gasteiger charge is 2.42. The lowest BCUT2D eigenvalue weighted by atomic mass is 9.70. The smallest absolute Gasteiger partial charge is 0.0702 e. The molecule has 1 N–H and O–H groups in total. The number of nitrogens with one attached hydrogen (secondary N) is 1. The lowest BCUT2D eigenvalue weighted by Crippen LogP contribution is -2.50. The predicted octanol–water partition coefficient (Wildman–Crippen LogP) is 2.97. The summed E-state index contributed by atoms with van der Waals surface area (Å²) in [5, 5.41) is 3.61. The molecule has 2 rings (SSSR count). The molecule has 16 heavy (non-hydrogen) atoms. The zero-order valence-corrected chi connectivity index (χ0v) is 11.1. The van der Waals surface area contributed by atoms with Crippen molar-refractivity contribution in [1.29, 1.82) is 0 Å². The Hall–Kier alpha value is -0.0800. The molecule has 0 amide bonds. The van der Waals surface area contributed by atoms with Crippen LogP contribution in [0.4, 0.5) is 0 Å². The molecule has 0 aromatic carbocycles. The first-order valence-electron chi connectivity index (χ1n) is 7.01. The molecule has 0 aromatic heterocycles. The summed E-state index contributed by atoms with van der Waals surface area (Å²) in [5.74, 6) is 1.67. The number of hydrogen-bond donors (Lipinski definition) is 1. The third-order valence-corrected chi connectivity index (χ3v) is 4.23. The first-order valence-corrected chi connectivity index (χ1v) is 7.01. The van der Waals surface area contributed by atoms with E-state index in [-0.39, 0.29) is 5.60 Å². The van der Waals surface area contributed by atoms with Crippen molar-refractivity contribution in [2.75, 3.05) is 13.2 Å². The second kappa shape index (κ2) is 5.05. The summed E-state index contributed by atoms with van der Waals surface area (Å²) in [6.45, 7) is 9.02. The summed E-state index contributed by atoms with van der Waals surface area (Å²) in [4.78, 5) is 0. The van der Waals surface area contributed by atoms with E-state index in [1.165, 1.54) is 32.1 Å². The largest absolute Gasteiger partial charge is 0.375 e. The maximum absolute atomic E-state index is 6.18. The van der Waals surface area contributed by atoms with Gasteiger partial charge in [-0.25, -0.2) is 0 Å². The van der Waals surface area contributed by atoms with E-state index in [1.807, 2.05) is 0 Å². The minimum atomic E-state index is 0.210. The van der Waals surface area contributed by atoms with E-state index >= 15 is 0 Å². The van der Waals surface area contributed by atoms with Gasteiger partial charge in [0, 0.05) is 12.6 Å². The van der Waals surface area contributed by atoms with Gasteiger partial charge in [0.2, 0.25) is 0 Å². The van der Waals surface area contributed by atoms with Crippen LogP contribution in [0, 0.1) is 11.8 Å². The van der Waals surface area contributed by atoms with Crippen molar-refractivity contribution in [3.63, 3.8) is 0 Å². The quantitative estimate of drug-likeness (QED) is 0.780. The van der Waals surface area contributed by atoms with Gasteiger partial charge in [0.05, 0.1) is 5.60 Å². The van der Waals surface area contributed by atoms with E-state index in [2.05, 4.69) is 26.1 Å². The number of rotatable bonds is 2. The van der Waals surface area contributed by atoms with Crippen LogP contribution in [-0.4, -0.2) is 24.8 Å². The first-order chi connectivity index (χ1) is 7.63. The Morgan fingerprint density at radius 3 is 2.50 bits per heavy atom. The van der Waals surface area contributed by atoms with Gasteiger partial charge in [-0.05, 0) is 50.5 Å². The topological polar surface area (TPSA) is 21.3 Å². The molecule has 2 fully saturated rings. The van der Waals surface area contributed by atoms with E-state index in [9.17, 15) is 0 Å². The molecule has 0 bridgehead atoms. The zero-order chi connectivity index (χ0) is 11.6. The monoisotopic (exact) mass is 225 g/mol. The van der Waals surface area contributed by atoms with Gasteiger partial charge >= 0.3 is 0 Å². The molecule has 1 aliphatic heterocycles. The van der Waals surface area contributed by atoms with Crippen LogP contribution in [0.5, 0.6) is 0 Å². The van der Waals surface area contributed by atoms with Gasteiger partial charge in [-0.1, -0.05) is 20.8 Å². The highest BCUT2D eigenvalue weighted by molar-refractivity contribution is 4.95. The molecule has 0 radical (unpaired) electrons. The standard InChI is InChI=1S/C14H27NO/c1-4-15-13-5-6-16-14(10-13)8-11(2)7-12(3)9-14/h11-13,15H,4-10H2,1-3H3. The van der Waals surface area contributed by atoms with Crippen LogP contribution in [-0.2, 0) is 4.74 Å². The van der Waals surface area contributed by atoms with Crippen molar-refractivity contribution >= 4 is 0 Å². The van der Waals surface area contributed by atoms with E-state index in [0.29, 0.717) is 6.04 Å². The summed E-state index contributed by atoms with van der Waals surface area (Å²) < 4.78 is 6.18. The molecule has 1 saturated heterocycles. The van der Waals surface area contributed by atoms with Crippen LogP contribution in [0.25, 0.3) is 0 Å². The molecular weight excluding hydrogens is 198 g/mol. The molecule has 1 heterocycles. The summed E-state index contributed by atoms with van der Waals surface area (Å²) in [6.07, 6.45) is 6.36. The van der Waals surface area contributed by atoms with E-state index < -0.39 is 0 Å². The maximum atomic E-state index is 6.18. The Morgan fingerprint density at radius 2 is 1.88 bits per heavy atom. The summed E-state index contributed by atoms with van der Waals surface area (Å²) >= 11 is 0. The molecule has 1 spiro atoms. The number of ether oxygens (including phenoxy) is 1. The molecule has 1 saturated carbocycles. The summed E-state index contributed by atoms with van der Waals surface area (Å²) in [7, 11) is 0. The zero-order valence-electron chi connectivity index (χ0n) is 11.1. The van der Waals surface area contributed by atoms with Crippen molar-refractivity contribution in [3.05, 3.63) is 0 Å². The average Bonchev–Trinajstić information content (AvgIpc) is 2.15. The third-order valence-electron chi connectivity index (χ3n) is 4.23. The van der Waals surface area contributed by atoms with E-state index in [0.717, 1.165) is 25.0 Å². The third kappa shape index (κ3) is 2.78. The minimum absolute atomic E-state index is 0.210. The van der Waals surface area contributed by atoms with E-state index in [4.69, 9.17) is 4.74 Å². The SMILES string of the molecule is CCNC1CCOC2(CC(C)CC(C)C2)C1. The summed E-state index contributed by atoms with van der Waals surface area (Å²) in [5.41, 5.74) is 0.210. The van der Waals surface area contributed by atoms with Crippen molar-refractivity contribution < 1.29 is 4.74 Å². The van der Waals surface area contributed by atoms with Gasteiger partial charge in [0.15, 0.2) is 0 Å². The molecule has 3 atom stereocenters. The molecule has 1 aliphatic carbocycles. The molecule has 0 aromatic rings. The molecule has 2 heteroatoms. The second-order valence-corrected chi connectivity index (χ2v) is 6.13. The molecule has 3 unspecified atom stereocenters. The fourth-order valence-corrected chi connectivity index (χ4v) is 3.98. The van der Waals surface area contributed by atoms with Crippen LogP contribution < -0.4 is 5.32 Å². The van der Waals surface area contributed by atoms with Gasteiger partial charge < -0.3 is 10.1 Å².